The first-order chi connectivity index (χ1) is 31.7. The van der Waals surface area contributed by atoms with Gasteiger partial charge in [0.15, 0.2) is 11.6 Å². The number of aliphatic carboxylic acids is 1. The first-order valence-electron chi connectivity index (χ1n) is 21.2. The van der Waals surface area contributed by atoms with E-state index in [2.05, 4.69) is 104 Å². The zero-order valence-corrected chi connectivity index (χ0v) is 42.8. The molecule has 18 heteroatoms. The van der Waals surface area contributed by atoms with Crippen LogP contribution in [0, 0.1) is 5.92 Å². The molecule has 0 spiro atoms. The summed E-state index contributed by atoms with van der Waals surface area (Å²) in [6.45, 7) is 13.1. The van der Waals surface area contributed by atoms with Crippen molar-refractivity contribution in [3.05, 3.63) is 137 Å². The molecule has 14 nitrogen and oxygen atoms in total. The second-order valence-corrected chi connectivity index (χ2v) is 21.9. The van der Waals surface area contributed by atoms with Gasteiger partial charge in [-0.15, -0.1) is 22.7 Å². The highest BCUT2D eigenvalue weighted by Gasteiger charge is 2.39. The molecule has 7 rings (SSSR count). The molecule has 4 aromatic heterocycles. The van der Waals surface area contributed by atoms with Gasteiger partial charge in [-0.2, -0.15) is 0 Å². The summed E-state index contributed by atoms with van der Waals surface area (Å²) in [7, 11) is 1.34. The van der Waals surface area contributed by atoms with E-state index in [0.29, 0.717) is 27.8 Å². The number of hydrogen-bond acceptors (Lipinski definition) is 12. The highest BCUT2D eigenvalue weighted by atomic mass is 79.9. The van der Waals surface area contributed by atoms with Crippen LogP contribution in [0.1, 0.15) is 81.8 Å². The molecule has 0 unspecified atom stereocenters. The van der Waals surface area contributed by atoms with E-state index in [0.717, 1.165) is 41.0 Å². The number of benzene rings is 2. The number of carboxylic acids is 1. The smallest absolute Gasteiger partial charge is 0.326 e. The van der Waals surface area contributed by atoms with Crippen LogP contribution in [-0.4, -0.2) is 91.9 Å². The molecule has 0 bridgehead atoms. The molecule has 0 radical (unpaired) electrons. The highest BCUT2D eigenvalue weighted by molar-refractivity contribution is 9.10. The number of likely N-dealkylation sites (tertiary alicyclic amines) is 1. The van der Waals surface area contributed by atoms with Crippen molar-refractivity contribution in [3.63, 3.8) is 0 Å². The average molecular weight is 1070 g/mol. The van der Waals surface area contributed by atoms with Crippen molar-refractivity contribution in [2.24, 2.45) is 5.92 Å². The van der Waals surface area contributed by atoms with Crippen molar-refractivity contribution in [2.45, 2.75) is 77.3 Å². The Bertz CT molecular complexity index is 2690. The number of halogens is 2. The van der Waals surface area contributed by atoms with Crippen molar-refractivity contribution in [1.29, 1.82) is 0 Å². The number of aromatic nitrogens is 4. The molecule has 3 N–H and O–H groups in total. The molecule has 1 aliphatic heterocycles. The number of amides is 3. The van der Waals surface area contributed by atoms with Gasteiger partial charge in [-0.1, -0.05) is 90.1 Å². The van der Waals surface area contributed by atoms with Crippen LogP contribution in [0.25, 0.3) is 22.8 Å². The molecule has 2 atom stereocenters. The second-order valence-electron chi connectivity index (χ2n) is 17.9. The van der Waals surface area contributed by atoms with E-state index in [1.807, 2.05) is 60.7 Å². The van der Waals surface area contributed by atoms with Crippen molar-refractivity contribution >= 4 is 84.2 Å². The lowest BCUT2D eigenvalue weighted by Gasteiger charge is -2.39. The Morgan fingerprint density at radius 1 is 0.657 bits per heavy atom. The topological polar surface area (TPSA) is 194 Å². The molecule has 0 aliphatic carbocycles. The molecular formula is C49H51Br2N7O7S2. The molecule has 67 heavy (non-hydrogen) atoms. The zero-order valence-electron chi connectivity index (χ0n) is 38.0. The summed E-state index contributed by atoms with van der Waals surface area (Å²) in [5.41, 5.74) is 3.22. The minimum atomic E-state index is -1.07. The number of nitrogens with zero attached hydrogens (tertiary/aromatic N) is 5. The van der Waals surface area contributed by atoms with E-state index in [1.54, 1.807) is 41.8 Å². The van der Waals surface area contributed by atoms with Gasteiger partial charge in [-0.05, 0) is 78.1 Å². The van der Waals surface area contributed by atoms with Crippen LogP contribution >= 0.6 is 54.5 Å². The van der Waals surface area contributed by atoms with Crippen LogP contribution in [0.5, 0.6) is 0 Å². The summed E-state index contributed by atoms with van der Waals surface area (Å²) in [6, 6.07) is 20.6. The van der Waals surface area contributed by atoms with Crippen molar-refractivity contribution in [2.75, 3.05) is 20.2 Å². The van der Waals surface area contributed by atoms with E-state index in [4.69, 9.17) is 4.74 Å². The standard InChI is InChI=1S/C27H29BrN4O4S.C22H22BrN3O3S/c1-27(2,3)22-10-9-21(37-22)24(33)31-20(25(34)32-14-18(15-32)26(35)36-4)11-16-5-7-17(8-6-16)23-29-12-19(28)13-30-23;1-22(2,3)18-9-8-17(30-18)20(27)26-16(21(28)29)10-13-4-6-14(7-5-13)19-24-11-15(23)12-25-19/h5-10,12-13,18,20H,11,14-15H2,1-4H3,(H,31,33);4-9,11-12,16H,10H2,1-3H3,(H,26,27)(H,28,29)/t20-;16-/m00/s1. The lowest BCUT2D eigenvalue weighted by Crippen LogP contribution is -2.59. The Morgan fingerprint density at radius 3 is 1.40 bits per heavy atom. The van der Waals surface area contributed by atoms with Gasteiger partial charge in [0.25, 0.3) is 11.8 Å². The SMILES string of the molecule is CC(C)(C)c1ccc(C(=O)N[C@@H](Cc2ccc(-c3ncc(Br)cn3)cc2)C(=O)O)s1.COC(=O)C1CN(C(=O)[C@H](Cc2ccc(-c3ncc(Br)cn3)cc2)NC(=O)c2ccc(C(C)(C)C)s2)C1. The molecule has 6 aromatic rings. The number of nitrogens with one attached hydrogen (secondary N) is 2. The predicted molar refractivity (Wildman–Crippen MR) is 266 cm³/mol. The van der Waals surface area contributed by atoms with Gasteiger partial charge < -0.3 is 25.4 Å². The molecule has 1 fully saturated rings. The second kappa shape index (κ2) is 22.0. The third-order valence-corrected chi connectivity index (χ3v) is 14.5. The van der Waals surface area contributed by atoms with Crippen molar-refractivity contribution < 1.29 is 33.8 Å². The lowest BCUT2D eigenvalue weighted by molar-refractivity contribution is -0.156. The maximum absolute atomic E-state index is 13.4. The molecule has 350 valence electrons. The molecular weight excluding hydrogens is 1020 g/mol. The molecule has 0 saturated carbocycles. The quantitative estimate of drug-likeness (QED) is 0.0936. The van der Waals surface area contributed by atoms with Crippen LogP contribution in [-0.2, 0) is 42.8 Å². The number of rotatable bonds is 13. The number of carbonyl (C=O) groups is 5. The number of esters is 1. The monoisotopic (exact) mass is 1070 g/mol. The van der Waals surface area contributed by atoms with Gasteiger partial charge in [-0.3, -0.25) is 19.2 Å². The third kappa shape index (κ3) is 13.7. The Hall–Kier alpha value is -5.69. The van der Waals surface area contributed by atoms with Gasteiger partial charge in [0.2, 0.25) is 5.91 Å². The first kappa shape index (κ1) is 50.7. The number of hydrogen-bond donors (Lipinski definition) is 3. The fraction of sp³-hybridized carbons (Fsp3) is 0.327. The van der Waals surface area contributed by atoms with Crippen molar-refractivity contribution in [1.82, 2.24) is 35.5 Å². The average Bonchev–Trinajstić information content (AvgIpc) is 3.99. The van der Waals surface area contributed by atoms with Crippen molar-refractivity contribution in [3.8, 4) is 22.8 Å². The summed E-state index contributed by atoms with van der Waals surface area (Å²) in [6.07, 6.45) is 7.20. The number of methoxy groups -OCH3 is 1. The summed E-state index contributed by atoms with van der Waals surface area (Å²) in [4.78, 5) is 84.6. The largest absolute Gasteiger partial charge is 0.480 e. The molecule has 5 heterocycles. The van der Waals surface area contributed by atoms with Crippen LogP contribution in [0.4, 0.5) is 0 Å². The van der Waals surface area contributed by atoms with Gasteiger partial charge in [0.05, 0.1) is 31.7 Å². The normalized spacial score (nSPS) is 13.6. The van der Waals surface area contributed by atoms with Gasteiger partial charge in [0.1, 0.15) is 12.1 Å². The zero-order chi connectivity index (χ0) is 48.6. The van der Waals surface area contributed by atoms with E-state index in [1.165, 1.54) is 29.8 Å². The Balaban J connectivity index is 0.000000226. The molecule has 2 aromatic carbocycles. The van der Waals surface area contributed by atoms with E-state index in [-0.39, 0.29) is 59.9 Å². The highest BCUT2D eigenvalue weighted by Crippen LogP contribution is 2.31. The van der Waals surface area contributed by atoms with E-state index >= 15 is 0 Å². The summed E-state index contributed by atoms with van der Waals surface area (Å²) in [5, 5.41) is 15.2. The summed E-state index contributed by atoms with van der Waals surface area (Å²) < 4.78 is 6.38. The summed E-state index contributed by atoms with van der Waals surface area (Å²) >= 11 is 9.45. The van der Waals surface area contributed by atoms with E-state index in [9.17, 15) is 29.1 Å². The van der Waals surface area contributed by atoms with Gasteiger partial charge >= 0.3 is 11.9 Å². The molecule has 1 aliphatic rings. The maximum atomic E-state index is 13.4. The maximum Gasteiger partial charge on any atom is 0.326 e. The Kier molecular flexibility index (Phi) is 16.6. The fourth-order valence-electron chi connectivity index (χ4n) is 6.75. The van der Waals surface area contributed by atoms with Gasteiger partial charge in [-0.25, -0.2) is 24.7 Å². The predicted octanol–water partition coefficient (Wildman–Crippen LogP) is 8.93. The molecule has 3 amide bonds. The Morgan fingerprint density at radius 2 is 1.04 bits per heavy atom. The number of ether oxygens (including phenoxy) is 1. The van der Waals surface area contributed by atoms with Gasteiger partial charge in [0, 0.05) is 71.6 Å². The minimum Gasteiger partial charge on any atom is -0.480 e. The van der Waals surface area contributed by atoms with Crippen LogP contribution < -0.4 is 10.6 Å². The van der Waals surface area contributed by atoms with Crippen LogP contribution in [0.15, 0.2) is 107 Å². The number of carbonyl (C=O) groups excluding carboxylic acids is 4. The Labute approximate surface area is 414 Å². The molecule has 1 saturated heterocycles. The van der Waals surface area contributed by atoms with Crippen LogP contribution in [0.2, 0.25) is 0 Å². The van der Waals surface area contributed by atoms with Crippen LogP contribution in [0.3, 0.4) is 0 Å². The number of carboxylic acid groups (broad SMARTS) is 1. The summed E-state index contributed by atoms with van der Waals surface area (Å²) in [5.74, 6) is -1.44. The third-order valence-electron chi connectivity index (χ3n) is 10.6. The number of thiophene rings is 2. The minimum absolute atomic E-state index is 0.0598. The van der Waals surface area contributed by atoms with E-state index < -0.39 is 18.1 Å². The lowest BCUT2D eigenvalue weighted by atomic mass is 9.95. The fourth-order valence-corrected chi connectivity index (χ4v) is 9.10. The first-order valence-corrected chi connectivity index (χ1v) is 24.5.